The molecule has 4 N–H and O–H groups in total. The minimum Gasteiger partial charge on any atom is -0.468 e. The van der Waals surface area contributed by atoms with E-state index in [0.29, 0.717) is 10.7 Å². The number of halogens is 4. The SMILES string of the molecule is CC1=C(C(=O)Nc2cc(C(F)(F)F)ccc2Cl)[C@@H](c2ccco2)C(C#N)=C(SCC(N)=O)N1. The van der Waals surface area contributed by atoms with Crippen LogP contribution in [0, 0.1) is 11.3 Å². The first kappa shape index (κ1) is 24.3. The lowest BCUT2D eigenvalue weighted by Crippen LogP contribution is -2.31. The standard InChI is InChI=1S/C21H16ClF3N4O3S/c1-10-17(19(31)29-14-7-11(21(23,24)25)4-5-13(14)22)18(15-3-2-6-32-15)12(8-26)20(28-10)33-9-16(27)30/h2-7,18,28H,9H2,1H3,(H2,27,30)(H,29,31)/t18-/m1/s1. The normalized spacial score (nSPS) is 16.3. The highest BCUT2D eigenvalue weighted by Crippen LogP contribution is 2.41. The van der Waals surface area contributed by atoms with Crippen molar-refractivity contribution in [2.24, 2.45) is 5.73 Å². The van der Waals surface area contributed by atoms with Crippen molar-refractivity contribution in [3.8, 4) is 6.07 Å². The van der Waals surface area contributed by atoms with Crippen LogP contribution in [0.3, 0.4) is 0 Å². The highest BCUT2D eigenvalue weighted by Gasteiger charge is 2.37. The maximum atomic E-state index is 13.2. The van der Waals surface area contributed by atoms with E-state index in [2.05, 4.69) is 10.6 Å². The van der Waals surface area contributed by atoms with Crippen molar-refractivity contribution in [1.29, 1.82) is 5.26 Å². The van der Waals surface area contributed by atoms with E-state index in [1.165, 1.54) is 6.26 Å². The largest absolute Gasteiger partial charge is 0.468 e. The molecular formula is C21H16ClF3N4O3S. The number of anilines is 1. The number of nitrogens with one attached hydrogen (secondary N) is 2. The van der Waals surface area contributed by atoms with Gasteiger partial charge in [-0.1, -0.05) is 23.4 Å². The molecule has 2 aromatic rings. The second-order valence-corrected chi connectivity index (χ2v) is 8.26. The average Bonchev–Trinajstić information content (AvgIpc) is 3.26. The fourth-order valence-corrected chi connectivity index (χ4v) is 4.19. The summed E-state index contributed by atoms with van der Waals surface area (Å²) < 4.78 is 44.8. The Morgan fingerprint density at radius 1 is 1.36 bits per heavy atom. The van der Waals surface area contributed by atoms with Crippen LogP contribution in [0.5, 0.6) is 0 Å². The van der Waals surface area contributed by atoms with Gasteiger partial charge in [-0.15, -0.1) is 0 Å². The maximum Gasteiger partial charge on any atom is 0.416 e. The van der Waals surface area contributed by atoms with Crippen LogP contribution in [0.15, 0.2) is 62.9 Å². The Labute approximate surface area is 195 Å². The number of hydrogen-bond donors (Lipinski definition) is 3. The third-order valence-corrected chi connectivity index (χ3v) is 5.99. The Hall–Kier alpha value is -3.36. The van der Waals surface area contributed by atoms with Crippen LogP contribution in [0.4, 0.5) is 18.9 Å². The number of nitriles is 1. The maximum absolute atomic E-state index is 13.2. The molecule has 1 aromatic heterocycles. The number of nitrogens with zero attached hydrogens (tertiary/aromatic N) is 1. The number of furan rings is 1. The molecule has 2 heterocycles. The van der Waals surface area contributed by atoms with E-state index in [1.807, 2.05) is 6.07 Å². The topological polar surface area (TPSA) is 121 Å². The van der Waals surface area contributed by atoms with Crippen LogP contribution < -0.4 is 16.4 Å². The quantitative estimate of drug-likeness (QED) is 0.541. The van der Waals surface area contributed by atoms with Gasteiger partial charge in [0.25, 0.3) is 5.91 Å². The molecule has 172 valence electrons. The van der Waals surface area contributed by atoms with Crippen LogP contribution in [-0.4, -0.2) is 17.6 Å². The third kappa shape index (κ3) is 5.35. The number of carbonyl (C=O) groups is 2. The van der Waals surface area contributed by atoms with Gasteiger partial charge in [-0.2, -0.15) is 18.4 Å². The number of benzene rings is 1. The summed E-state index contributed by atoms with van der Waals surface area (Å²) in [5, 5.41) is 15.3. The van der Waals surface area contributed by atoms with Crippen LogP contribution in [0.2, 0.25) is 5.02 Å². The highest BCUT2D eigenvalue weighted by atomic mass is 35.5. The van der Waals surface area contributed by atoms with E-state index in [9.17, 15) is 28.0 Å². The van der Waals surface area contributed by atoms with Crippen LogP contribution >= 0.6 is 23.4 Å². The van der Waals surface area contributed by atoms with E-state index >= 15 is 0 Å². The number of allylic oxidation sites excluding steroid dienone is 2. The molecule has 0 spiro atoms. The molecular weight excluding hydrogens is 481 g/mol. The highest BCUT2D eigenvalue weighted by molar-refractivity contribution is 8.03. The van der Waals surface area contributed by atoms with Crippen LogP contribution in [0.1, 0.15) is 24.2 Å². The molecule has 0 fully saturated rings. The second kappa shape index (κ2) is 9.64. The summed E-state index contributed by atoms with van der Waals surface area (Å²) in [6.07, 6.45) is -3.28. The molecule has 0 saturated carbocycles. The van der Waals surface area contributed by atoms with Gasteiger partial charge in [0, 0.05) is 5.70 Å². The minimum atomic E-state index is -4.63. The number of carbonyl (C=O) groups excluding carboxylic acids is 2. The average molecular weight is 497 g/mol. The van der Waals surface area contributed by atoms with Crippen molar-refractivity contribution >= 4 is 40.9 Å². The zero-order chi connectivity index (χ0) is 24.3. The molecule has 1 atom stereocenters. The number of alkyl halides is 3. The number of nitrogens with two attached hydrogens (primary N) is 1. The first-order valence-electron chi connectivity index (χ1n) is 9.27. The molecule has 0 radical (unpaired) electrons. The van der Waals surface area contributed by atoms with Gasteiger partial charge in [0.1, 0.15) is 5.76 Å². The molecule has 0 aliphatic carbocycles. The Morgan fingerprint density at radius 2 is 2.09 bits per heavy atom. The predicted octanol–water partition coefficient (Wildman–Crippen LogP) is 4.50. The molecule has 1 aliphatic rings. The predicted molar refractivity (Wildman–Crippen MR) is 117 cm³/mol. The number of dihydropyridines is 1. The first-order valence-corrected chi connectivity index (χ1v) is 10.6. The summed E-state index contributed by atoms with van der Waals surface area (Å²) >= 11 is 7.00. The van der Waals surface area contributed by atoms with Crippen molar-refractivity contribution in [2.45, 2.75) is 19.0 Å². The first-order chi connectivity index (χ1) is 15.5. The van der Waals surface area contributed by atoms with Crippen molar-refractivity contribution in [3.63, 3.8) is 0 Å². The van der Waals surface area contributed by atoms with Gasteiger partial charge >= 0.3 is 6.18 Å². The Kier molecular flexibility index (Phi) is 7.09. The molecule has 7 nitrogen and oxygen atoms in total. The van der Waals surface area contributed by atoms with Crippen molar-refractivity contribution in [1.82, 2.24) is 5.32 Å². The molecule has 12 heteroatoms. The van der Waals surface area contributed by atoms with Gasteiger partial charge in [0.15, 0.2) is 0 Å². The van der Waals surface area contributed by atoms with Gasteiger partial charge < -0.3 is 20.8 Å². The molecule has 0 bridgehead atoms. The lowest BCUT2D eigenvalue weighted by Gasteiger charge is -2.28. The lowest BCUT2D eigenvalue weighted by molar-refractivity contribution is -0.137. The summed E-state index contributed by atoms with van der Waals surface area (Å²) in [4.78, 5) is 24.4. The summed E-state index contributed by atoms with van der Waals surface area (Å²) in [7, 11) is 0. The van der Waals surface area contributed by atoms with Crippen LogP contribution in [-0.2, 0) is 15.8 Å². The van der Waals surface area contributed by atoms with Gasteiger partial charge in [-0.3, -0.25) is 9.59 Å². The Balaban J connectivity index is 2.03. The molecule has 0 unspecified atom stereocenters. The fraction of sp³-hybridized carbons (Fsp3) is 0.190. The van der Waals surface area contributed by atoms with E-state index in [4.69, 9.17) is 21.8 Å². The van der Waals surface area contributed by atoms with Crippen molar-refractivity contribution < 1.29 is 27.2 Å². The zero-order valence-corrected chi connectivity index (χ0v) is 18.5. The number of thioether (sulfide) groups is 1. The van der Waals surface area contributed by atoms with E-state index in [1.54, 1.807) is 19.1 Å². The molecule has 1 aliphatic heterocycles. The third-order valence-electron chi connectivity index (χ3n) is 4.62. The van der Waals surface area contributed by atoms with Gasteiger partial charge in [-0.05, 0) is 37.3 Å². The fourth-order valence-electron chi connectivity index (χ4n) is 3.20. The number of amides is 2. The minimum absolute atomic E-state index is 0.0402. The Bertz CT molecular complexity index is 1200. The van der Waals surface area contributed by atoms with Crippen molar-refractivity contribution in [2.75, 3.05) is 11.1 Å². The molecule has 3 rings (SSSR count). The van der Waals surface area contributed by atoms with Gasteiger partial charge in [-0.25, -0.2) is 0 Å². The number of primary amides is 1. The summed E-state index contributed by atoms with van der Waals surface area (Å²) in [6, 6.07) is 7.70. The molecule has 2 amide bonds. The lowest BCUT2D eigenvalue weighted by atomic mass is 9.85. The summed E-state index contributed by atoms with van der Waals surface area (Å²) in [5.41, 5.74) is 4.40. The molecule has 1 aromatic carbocycles. The molecule has 0 saturated heterocycles. The molecule has 33 heavy (non-hydrogen) atoms. The van der Waals surface area contributed by atoms with E-state index in [-0.39, 0.29) is 33.4 Å². The van der Waals surface area contributed by atoms with E-state index in [0.717, 1.165) is 30.0 Å². The number of hydrogen-bond acceptors (Lipinski definition) is 6. The van der Waals surface area contributed by atoms with Gasteiger partial charge in [0.05, 0.1) is 56.5 Å². The Morgan fingerprint density at radius 3 is 2.67 bits per heavy atom. The summed E-state index contributed by atoms with van der Waals surface area (Å²) in [5.74, 6) is -2.23. The summed E-state index contributed by atoms with van der Waals surface area (Å²) in [6.45, 7) is 1.55. The monoisotopic (exact) mass is 496 g/mol. The van der Waals surface area contributed by atoms with Crippen molar-refractivity contribution in [3.05, 3.63) is 74.8 Å². The van der Waals surface area contributed by atoms with Crippen LogP contribution in [0.25, 0.3) is 0 Å². The zero-order valence-electron chi connectivity index (χ0n) is 16.9. The van der Waals surface area contributed by atoms with E-state index < -0.39 is 29.5 Å². The smallest absolute Gasteiger partial charge is 0.416 e. The second-order valence-electron chi connectivity index (χ2n) is 6.87. The number of rotatable bonds is 6. The van der Waals surface area contributed by atoms with Gasteiger partial charge in [0.2, 0.25) is 5.91 Å².